The average molecular weight is 152 g/mol. The first-order valence-electron chi connectivity index (χ1n) is 3.57. The van der Waals surface area contributed by atoms with Crippen molar-refractivity contribution in [2.45, 2.75) is 25.2 Å². The first-order valence-corrected chi connectivity index (χ1v) is 6.99. The summed E-state index contributed by atoms with van der Waals surface area (Å²) in [5, 5.41) is 0. The molecule has 56 valence electrons. The topological polar surface area (TPSA) is 0 Å². The highest BCUT2D eigenvalue weighted by Gasteiger charge is 2.15. The molecule has 0 aromatic rings. The Labute approximate surface area is 65.0 Å². The molecule has 0 radical (unpaired) electrons. The Morgan fingerprint density at radius 3 is 2.40 bits per heavy atom. The smallest absolute Gasteiger partial charge is 0.0555 e. The lowest BCUT2D eigenvalue weighted by Gasteiger charge is -2.16. The summed E-state index contributed by atoms with van der Waals surface area (Å²) in [7, 11) is -1.00. The number of allylic oxidation sites excluding steroid dienone is 2. The van der Waals surface area contributed by atoms with Gasteiger partial charge < -0.3 is 0 Å². The van der Waals surface area contributed by atoms with Crippen molar-refractivity contribution in [3.63, 3.8) is 0 Å². The zero-order valence-corrected chi connectivity index (χ0v) is 7.98. The van der Waals surface area contributed by atoms with Gasteiger partial charge in [-0.2, -0.15) is 0 Å². The van der Waals surface area contributed by atoms with Gasteiger partial charge in [0.1, 0.15) is 0 Å². The van der Waals surface area contributed by atoms with Crippen molar-refractivity contribution in [1.82, 2.24) is 0 Å². The van der Waals surface area contributed by atoms with Crippen LogP contribution in [0.5, 0.6) is 0 Å². The zero-order valence-electron chi connectivity index (χ0n) is 6.98. The van der Waals surface area contributed by atoms with Crippen LogP contribution in [-0.2, 0) is 0 Å². The molecule has 0 nitrogen and oxygen atoms in total. The molecule has 0 aromatic carbocycles. The predicted molar refractivity (Wildman–Crippen MR) is 51.0 cm³/mol. The van der Waals surface area contributed by atoms with Gasteiger partial charge in [-0.1, -0.05) is 25.7 Å². The second kappa shape index (κ2) is 4.32. The van der Waals surface area contributed by atoms with E-state index in [4.69, 9.17) is 0 Å². The third-order valence-corrected chi connectivity index (χ3v) is 4.20. The molecular formula is C9H16Si. The van der Waals surface area contributed by atoms with E-state index < -0.39 is 8.07 Å². The molecule has 0 aromatic heterocycles. The van der Waals surface area contributed by atoms with Crippen molar-refractivity contribution in [3.05, 3.63) is 31.0 Å². The number of hydrogen-bond donors (Lipinski definition) is 0. The normalized spacial score (nSPS) is 10.2. The second-order valence-corrected chi connectivity index (χ2v) is 8.41. The molecule has 0 atom stereocenters. The molecule has 0 unspecified atom stereocenters. The molecule has 0 spiro atoms. The average Bonchev–Trinajstić information content (AvgIpc) is 1.84. The fourth-order valence-electron chi connectivity index (χ4n) is 0.823. The van der Waals surface area contributed by atoms with Crippen LogP contribution in [-0.4, -0.2) is 8.07 Å². The Balaban J connectivity index is 3.84. The minimum absolute atomic E-state index is 1.00. The highest BCUT2D eigenvalue weighted by Crippen LogP contribution is 2.15. The standard InChI is InChI=1S/C9H16Si/c1-5-7-9-10(3,4)8-6-2/h6-7H,1-2,8-9H2,3-4H3. The van der Waals surface area contributed by atoms with Crippen molar-refractivity contribution >= 4 is 8.07 Å². The molecule has 0 heterocycles. The molecule has 0 fully saturated rings. The van der Waals surface area contributed by atoms with E-state index in [2.05, 4.69) is 32.0 Å². The Bertz CT molecular complexity index is 150. The Kier molecular flexibility index (Phi) is 4.09. The third kappa shape index (κ3) is 4.36. The van der Waals surface area contributed by atoms with Gasteiger partial charge in [-0.05, 0) is 18.2 Å². The van der Waals surface area contributed by atoms with Gasteiger partial charge in [-0.25, -0.2) is 0 Å². The highest BCUT2D eigenvalue weighted by atomic mass is 28.3. The summed E-state index contributed by atoms with van der Waals surface area (Å²) in [6, 6.07) is 2.35. The molecule has 0 saturated heterocycles. The third-order valence-electron chi connectivity index (χ3n) is 1.50. The van der Waals surface area contributed by atoms with Crippen molar-refractivity contribution < 1.29 is 0 Å². The molecule has 0 saturated carbocycles. The summed E-state index contributed by atoms with van der Waals surface area (Å²) < 4.78 is 0. The van der Waals surface area contributed by atoms with Crippen LogP contribution in [0, 0.1) is 0 Å². The maximum Gasteiger partial charge on any atom is 0.0555 e. The van der Waals surface area contributed by atoms with E-state index in [1.807, 2.05) is 12.2 Å². The highest BCUT2D eigenvalue weighted by molar-refractivity contribution is 6.78. The first kappa shape index (κ1) is 9.48. The number of rotatable bonds is 4. The summed E-state index contributed by atoms with van der Waals surface area (Å²) in [5.74, 6) is 0. The van der Waals surface area contributed by atoms with Gasteiger partial charge >= 0.3 is 0 Å². The first-order chi connectivity index (χ1) is 4.62. The maximum atomic E-state index is 3.74. The molecule has 0 amide bonds. The van der Waals surface area contributed by atoms with E-state index in [1.54, 1.807) is 0 Å². The van der Waals surface area contributed by atoms with Crippen LogP contribution < -0.4 is 0 Å². The van der Waals surface area contributed by atoms with E-state index in [-0.39, 0.29) is 0 Å². The summed E-state index contributed by atoms with van der Waals surface area (Å²) in [4.78, 5) is 0. The van der Waals surface area contributed by atoms with E-state index in [0.29, 0.717) is 0 Å². The summed E-state index contributed by atoms with van der Waals surface area (Å²) >= 11 is 0. The van der Waals surface area contributed by atoms with E-state index in [0.717, 1.165) is 0 Å². The molecule has 10 heavy (non-hydrogen) atoms. The second-order valence-electron chi connectivity index (χ2n) is 3.27. The molecule has 0 N–H and O–H groups in total. The van der Waals surface area contributed by atoms with Gasteiger partial charge in [0, 0.05) is 0 Å². The lowest BCUT2D eigenvalue weighted by Crippen LogP contribution is -2.22. The van der Waals surface area contributed by atoms with Crippen molar-refractivity contribution in [2.24, 2.45) is 0 Å². The molecular weight excluding hydrogens is 136 g/mol. The minimum atomic E-state index is -1.00. The Hall–Kier alpha value is -0.523. The van der Waals surface area contributed by atoms with E-state index in [1.165, 1.54) is 12.1 Å². The van der Waals surface area contributed by atoms with Crippen LogP contribution in [0.4, 0.5) is 0 Å². The van der Waals surface area contributed by atoms with Crippen LogP contribution >= 0.6 is 0 Å². The van der Waals surface area contributed by atoms with E-state index in [9.17, 15) is 0 Å². The van der Waals surface area contributed by atoms with Crippen LogP contribution in [0.2, 0.25) is 25.2 Å². The number of hydrogen-bond acceptors (Lipinski definition) is 0. The SMILES string of the molecule is C=C=CC[Si](C)(C)CC=C. The molecule has 0 bridgehead atoms. The van der Waals surface area contributed by atoms with E-state index >= 15 is 0 Å². The van der Waals surface area contributed by atoms with Crippen molar-refractivity contribution in [1.29, 1.82) is 0 Å². The van der Waals surface area contributed by atoms with Gasteiger partial charge in [0.2, 0.25) is 0 Å². The van der Waals surface area contributed by atoms with Gasteiger partial charge in [-0.3, -0.25) is 0 Å². The van der Waals surface area contributed by atoms with Crippen LogP contribution in [0.3, 0.4) is 0 Å². The Morgan fingerprint density at radius 2 is 2.00 bits per heavy atom. The van der Waals surface area contributed by atoms with Gasteiger partial charge in [0.05, 0.1) is 8.07 Å². The summed E-state index contributed by atoms with van der Waals surface area (Å²) in [6.45, 7) is 12.0. The van der Waals surface area contributed by atoms with Crippen LogP contribution in [0.15, 0.2) is 31.0 Å². The predicted octanol–water partition coefficient (Wildman–Crippen LogP) is 3.22. The Morgan fingerprint density at radius 1 is 1.40 bits per heavy atom. The van der Waals surface area contributed by atoms with Crippen molar-refractivity contribution in [2.75, 3.05) is 0 Å². The molecule has 0 rings (SSSR count). The maximum absolute atomic E-state index is 3.74. The fraction of sp³-hybridized carbons (Fsp3) is 0.444. The van der Waals surface area contributed by atoms with Gasteiger partial charge in [0.25, 0.3) is 0 Å². The minimum Gasteiger partial charge on any atom is -0.133 e. The van der Waals surface area contributed by atoms with Gasteiger partial charge in [-0.15, -0.1) is 12.3 Å². The molecule has 0 aliphatic rings. The molecule has 1 heteroatoms. The fourth-order valence-corrected chi connectivity index (χ4v) is 2.47. The quantitative estimate of drug-likeness (QED) is 0.329. The van der Waals surface area contributed by atoms with Gasteiger partial charge in [0.15, 0.2) is 0 Å². The lowest BCUT2D eigenvalue weighted by molar-refractivity contribution is 1.42. The van der Waals surface area contributed by atoms with Crippen LogP contribution in [0.25, 0.3) is 0 Å². The summed E-state index contributed by atoms with van der Waals surface area (Å²) in [5.41, 5.74) is 2.81. The largest absolute Gasteiger partial charge is 0.133 e. The summed E-state index contributed by atoms with van der Waals surface area (Å²) in [6.07, 6.45) is 4.05. The van der Waals surface area contributed by atoms with Crippen molar-refractivity contribution in [3.8, 4) is 0 Å². The zero-order chi connectivity index (χ0) is 8.04. The molecule has 0 aliphatic heterocycles. The monoisotopic (exact) mass is 152 g/mol. The van der Waals surface area contributed by atoms with Crippen LogP contribution in [0.1, 0.15) is 0 Å². The lowest BCUT2D eigenvalue weighted by atomic mass is 10.7. The molecule has 0 aliphatic carbocycles.